The van der Waals surface area contributed by atoms with Crippen LogP contribution < -0.4 is 5.32 Å². The summed E-state index contributed by atoms with van der Waals surface area (Å²) in [4.78, 5) is 11.6. The van der Waals surface area contributed by atoms with Gasteiger partial charge in [-0.1, -0.05) is 30.8 Å². The summed E-state index contributed by atoms with van der Waals surface area (Å²) in [5, 5.41) is 3.85. The Balaban J connectivity index is 1.51. The number of rotatable bonds is 4. The Morgan fingerprint density at radius 3 is 2.67 bits per heavy atom. The molecule has 1 N–H and O–H groups in total. The number of fused-ring (bicyclic) bond motifs is 3. The Morgan fingerprint density at radius 1 is 1.18 bits per heavy atom. The number of anilines is 1. The third-order valence-corrected chi connectivity index (χ3v) is 7.43. The van der Waals surface area contributed by atoms with Gasteiger partial charge in [0.1, 0.15) is 11.0 Å². The summed E-state index contributed by atoms with van der Waals surface area (Å²) in [6, 6.07) is 7.85. The lowest BCUT2D eigenvalue weighted by atomic mass is 9.71. The summed E-state index contributed by atoms with van der Waals surface area (Å²) in [7, 11) is 0. The molecule has 33 heavy (non-hydrogen) atoms. The minimum Gasteiger partial charge on any atom is -0.379 e. The molecule has 1 spiro atoms. The first-order chi connectivity index (χ1) is 15.7. The standard InChI is InChI=1S/C26H27ClF2N4/c1-4-20-21(5-6-22(27)31-20)30-15-18-13-16(2)14-19-17(3)33-12-11-25(24(33)32-23(18)19)7-9-26(28,29)10-8-25/h4-6,13-14,30H,1,3,7-12,15H2,2H3. The quantitative estimate of drug-likeness (QED) is 0.482. The van der Waals surface area contributed by atoms with Crippen molar-refractivity contribution in [3.05, 3.63) is 65.0 Å². The van der Waals surface area contributed by atoms with Gasteiger partial charge in [0.15, 0.2) is 0 Å². The first-order valence-corrected chi connectivity index (χ1v) is 11.7. The molecular weight excluding hydrogens is 442 g/mol. The second-order valence-electron chi connectivity index (χ2n) is 9.36. The largest absolute Gasteiger partial charge is 0.379 e. The molecule has 2 aliphatic heterocycles. The molecule has 7 heteroatoms. The van der Waals surface area contributed by atoms with Gasteiger partial charge in [-0.05, 0) is 61.6 Å². The highest BCUT2D eigenvalue weighted by Gasteiger charge is 2.52. The van der Waals surface area contributed by atoms with Crippen LogP contribution in [0.5, 0.6) is 0 Å². The number of pyridine rings is 1. The zero-order valence-corrected chi connectivity index (χ0v) is 19.5. The van der Waals surface area contributed by atoms with Crippen LogP contribution >= 0.6 is 11.6 Å². The highest BCUT2D eigenvalue weighted by Crippen LogP contribution is 2.53. The molecule has 4 nitrogen and oxygen atoms in total. The molecule has 0 bridgehead atoms. The number of hydrogen-bond acceptors (Lipinski definition) is 4. The van der Waals surface area contributed by atoms with E-state index in [4.69, 9.17) is 16.6 Å². The molecule has 0 amide bonds. The first kappa shape index (κ1) is 22.1. The molecule has 1 saturated carbocycles. The van der Waals surface area contributed by atoms with Crippen LogP contribution in [0.2, 0.25) is 5.15 Å². The third-order valence-electron chi connectivity index (χ3n) is 7.22. The minimum atomic E-state index is -2.56. The van der Waals surface area contributed by atoms with E-state index >= 15 is 0 Å². The smallest absolute Gasteiger partial charge is 0.248 e. The van der Waals surface area contributed by atoms with Gasteiger partial charge < -0.3 is 10.2 Å². The van der Waals surface area contributed by atoms with Crippen molar-refractivity contribution >= 4 is 40.6 Å². The number of nitrogens with zero attached hydrogens (tertiary/aromatic N) is 3. The Hall–Kier alpha value is -2.73. The number of amidine groups is 1. The number of halogens is 3. The van der Waals surface area contributed by atoms with Crippen molar-refractivity contribution in [1.29, 1.82) is 0 Å². The van der Waals surface area contributed by atoms with Crippen LogP contribution in [-0.4, -0.2) is 28.2 Å². The molecule has 1 aromatic heterocycles. The third kappa shape index (κ3) is 3.84. The summed E-state index contributed by atoms with van der Waals surface area (Å²) in [5.41, 5.74) is 6.19. The molecule has 2 aromatic rings. The molecule has 1 aliphatic carbocycles. The fourth-order valence-electron chi connectivity index (χ4n) is 5.38. The van der Waals surface area contributed by atoms with Gasteiger partial charge in [0.05, 0.1) is 17.1 Å². The number of aryl methyl sites for hydroxylation is 1. The van der Waals surface area contributed by atoms with Gasteiger partial charge >= 0.3 is 0 Å². The van der Waals surface area contributed by atoms with Crippen LogP contribution in [0.15, 0.2) is 42.4 Å². The maximum Gasteiger partial charge on any atom is 0.248 e. The van der Waals surface area contributed by atoms with Crippen molar-refractivity contribution in [2.45, 2.75) is 51.5 Å². The average molecular weight is 469 g/mol. The van der Waals surface area contributed by atoms with Crippen molar-refractivity contribution in [3.63, 3.8) is 0 Å². The number of nitrogens with one attached hydrogen (secondary N) is 1. The Kier molecular flexibility index (Phi) is 5.31. The normalized spacial score (nSPS) is 20.3. The molecular formula is C26H27ClF2N4. The van der Waals surface area contributed by atoms with Gasteiger partial charge in [-0.3, -0.25) is 0 Å². The van der Waals surface area contributed by atoms with E-state index in [9.17, 15) is 8.78 Å². The maximum absolute atomic E-state index is 13.9. The van der Waals surface area contributed by atoms with E-state index in [1.807, 2.05) is 6.07 Å². The maximum atomic E-state index is 13.9. The summed E-state index contributed by atoms with van der Waals surface area (Å²) < 4.78 is 27.9. The minimum absolute atomic E-state index is 0.0740. The average Bonchev–Trinajstić information content (AvgIpc) is 3.14. The van der Waals surface area contributed by atoms with E-state index in [0.717, 1.165) is 52.6 Å². The van der Waals surface area contributed by atoms with Crippen LogP contribution in [0.1, 0.15) is 54.5 Å². The lowest BCUT2D eigenvalue weighted by molar-refractivity contribution is -0.0537. The highest BCUT2D eigenvalue weighted by atomic mass is 35.5. The monoisotopic (exact) mass is 468 g/mol. The molecule has 172 valence electrons. The molecule has 1 aromatic carbocycles. The number of alkyl halides is 2. The lowest BCUT2D eigenvalue weighted by Gasteiger charge is -2.40. The summed E-state index contributed by atoms with van der Waals surface area (Å²) in [6.45, 7) is 11.6. The number of hydrogen-bond donors (Lipinski definition) is 1. The topological polar surface area (TPSA) is 40.5 Å². The van der Waals surface area contributed by atoms with E-state index in [2.05, 4.69) is 47.4 Å². The zero-order valence-electron chi connectivity index (χ0n) is 18.7. The van der Waals surface area contributed by atoms with Crippen molar-refractivity contribution in [2.24, 2.45) is 10.4 Å². The molecule has 0 unspecified atom stereocenters. The van der Waals surface area contributed by atoms with Crippen molar-refractivity contribution < 1.29 is 8.78 Å². The summed E-state index contributed by atoms with van der Waals surface area (Å²) >= 11 is 6.02. The van der Waals surface area contributed by atoms with Gasteiger partial charge in [-0.2, -0.15) is 0 Å². The van der Waals surface area contributed by atoms with Crippen LogP contribution in [0.3, 0.4) is 0 Å². The van der Waals surface area contributed by atoms with Crippen molar-refractivity contribution in [3.8, 4) is 0 Å². The van der Waals surface area contributed by atoms with E-state index in [1.54, 1.807) is 12.1 Å². The van der Waals surface area contributed by atoms with E-state index in [1.165, 1.54) is 0 Å². The molecule has 0 atom stereocenters. The molecule has 3 heterocycles. The van der Waals surface area contributed by atoms with Crippen molar-refractivity contribution in [2.75, 3.05) is 11.9 Å². The second kappa shape index (κ2) is 7.94. The molecule has 3 aliphatic rings. The summed E-state index contributed by atoms with van der Waals surface area (Å²) in [6.07, 6.45) is 3.31. The van der Waals surface area contributed by atoms with Gasteiger partial charge in [-0.25, -0.2) is 18.8 Å². The number of aliphatic imine (C=N–C) groups is 1. The van der Waals surface area contributed by atoms with Crippen LogP contribution in [0.4, 0.5) is 20.2 Å². The molecule has 2 fully saturated rings. The first-order valence-electron chi connectivity index (χ1n) is 11.3. The fourth-order valence-corrected chi connectivity index (χ4v) is 5.53. The van der Waals surface area contributed by atoms with Crippen molar-refractivity contribution in [1.82, 2.24) is 9.88 Å². The zero-order chi connectivity index (χ0) is 23.4. The lowest BCUT2D eigenvalue weighted by Crippen LogP contribution is -2.40. The van der Waals surface area contributed by atoms with Gasteiger partial charge in [-0.15, -0.1) is 0 Å². The van der Waals surface area contributed by atoms with Gasteiger partial charge in [0, 0.05) is 42.6 Å². The van der Waals surface area contributed by atoms with Gasteiger partial charge in [0.25, 0.3) is 0 Å². The number of aromatic nitrogens is 1. The Morgan fingerprint density at radius 2 is 1.94 bits per heavy atom. The summed E-state index contributed by atoms with van der Waals surface area (Å²) in [5.74, 6) is -1.65. The highest BCUT2D eigenvalue weighted by molar-refractivity contribution is 6.29. The predicted octanol–water partition coefficient (Wildman–Crippen LogP) is 7.21. The second-order valence-corrected chi connectivity index (χ2v) is 9.75. The molecule has 1 saturated heterocycles. The van der Waals surface area contributed by atoms with Gasteiger partial charge in [0.2, 0.25) is 5.92 Å². The fraction of sp³-hybridized carbons (Fsp3) is 0.385. The van der Waals surface area contributed by atoms with Crippen LogP contribution in [0, 0.1) is 12.3 Å². The molecule has 0 radical (unpaired) electrons. The number of benzene rings is 1. The molecule has 5 rings (SSSR count). The predicted molar refractivity (Wildman–Crippen MR) is 131 cm³/mol. The van der Waals surface area contributed by atoms with E-state index in [0.29, 0.717) is 30.2 Å². The van der Waals surface area contributed by atoms with E-state index in [-0.39, 0.29) is 18.3 Å². The Bertz CT molecular complexity index is 1180. The Labute approximate surface area is 198 Å². The van der Waals surface area contributed by atoms with Crippen LogP contribution in [-0.2, 0) is 6.54 Å². The van der Waals surface area contributed by atoms with E-state index < -0.39 is 5.92 Å². The SMILES string of the molecule is C=Cc1nc(Cl)ccc1NCc1cc(C)cc2c1N=C1N(CCC13CCC(F)(F)CC3)C2=C. The van der Waals surface area contributed by atoms with Crippen LogP contribution in [0.25, 0.3) is 11.8 Å².